The van der Waals surface area contributed by atoms with Gasteiger partial charge in [-0.2, -0.15) is 0 Å². The minimum absolute atomic E-state index is 0.0986. The van der Waals surface area contributed by atoms with E-state index < -0.39 is 10.0 Å². The summed E-state index contributed by atoms with van der Waals surface area (Å²) >= 11 is 0. The molecule has 0 saturated carbocycles. The number of nitrogens with zero attached hydrogens (tertiary/aromatic N) is 1. The molecule has 1 aromatic carbocycles. The maximum Gasteiger partial charge on any atom is 0.240 e. The summed E-state index contributed by atoms with van der Waals surface area (Å²) in [6.07, 6.45) is 0.994. The van der Waals surface area contributed by atoms with Gasteiger partial charge in [-0.1, -0.05) is 0 Å². The van der Waals surface area contributed by atoms with Crippen LogP contribution < -0.4 is 15.4 Å². The van der Waals surface area contributed by atoms with E-state index in [1.807, 2.05) is 6.92 Å². The zero-order chi connectivity index (χ0) is 14.8. The van der Waals surface area contributed by atoms with E-state index in [1.54, 1.807) is 12.1 Å². The van der Waals surface area contributed by atoms with Crippen molar-refractivity contribution in [2.45, 2.75) is 24.3 Å². The third-order valence-electron chi connectivity index (χ3n) is 3.37. The molecule has 1 aliphatic heterocycles. The number of anilines is 2. The molecule has 3 N–H and O–H groups in total. The van der Waals surface area contributed by atoms with E-state index in [0.29, 0.717) is 18.8 Å². The minimum atomic E-state index is -3.46. The first kappa shape index (κ1) is 15.1. The van der Waals surface area contributed by atoms with Crippen LogP contribution >= 0.6 is 0 Å². The van der Waals surface area contributed by atoms with E-state index in [-0.39, 0.29) is 11.0 Å². The molecule has 0 amide bonds. The van der Waals surface area contributed by atoms with Crippen LogP contribution in [0.25, 0.3) is 0 Å². The average Bonchev–Trinajstić information content (AvgIpc) is 2.63. The fraction of sp³-hybridized carbons (Fsp3) is 0.538. The molecule has 1 saturated heterocycles. The lowest BCUT2D eigenvalue weighted by molar-refractivity contribution is 0.0821. The lowest BCUT2D eigenvalue weighted by Crippen LogP contribution is -2.31. The smallest absolute Gasteiger partial charge is 0.240 e. The Morgan fingerprint density at radius 3 is 2.90 bits per heavy atom. The Morgan fingerprint density at radius 1 is 1.45 bits per heavy atom. The molecule has 0 bridgehead atoms. The van der Waals surface area contributed by atoms with Crippen LogP contribution in [0.1, 0.15) is 13.3 Å². The van der Waals surface area contributed by atoms with Crippen molar-refractivity contribution in [1.29, 1.82) is 0 Å². The zero-order valence-electron chi connectivity index (χ0n) is 11.8. The molecule has 1 unspecified atom stereocenters. The van der Waals surface area contributed by atoms with Gasteiger partial charge in [-0.25, -0.2) is 13.1 Å². The minimum Gasteiger partial charge on any atom is -0.397 e. The standard InChI is InChI=1S/C13H21N3O3S/c1-10-9-16(6-3-7-19-10)13-8-11(4-5-12(13)14)20(17,18)15-2/h4-5,8,10,15H,3,6-7,9,14H2,1-2H3. The molecule has 112 valence electrons. The summed E-state index contributed by atoms with van der Waals surface area (Å²) < 4.78 is 31.7. The van der Waals surface area contributed by atoms with Crippen molar-refractivity contribution in [3.63, 3.8) is 0 Å². The second kappa shape index (κ2) is 5.99. The van der Waals surface area contributed by atoms with Gasteiger partial charge >= 0.3 is 0 Å². The van der Waals surface area contributed by atoms with Gasteiger partial charge in [0.15, 0.2) is 0 Å². The first-order valence-electron chi connectivity index (χ1n) is 6.63. The summed E-state index contributed by atoms with van der Waals surface area (Å²) in [7, 11) is -2.07. The normalized spacial score (nSPS) is 20.7. The molecule has 6 nitrogen and oxygen atoms in total. The quantitative estimate of drug-likeness (QED) is 0.806. The summed E-state index contributed by atoms with van der Waals surface area (Å²) in [6, 6.07) is 4.78. The fourth-order valence-corrected chi connectivity index (χ4v) is 3.05. The summed E-state index contributed by atoms with van der Waals surface area (Å²) in [4.78, 5) is 2.31. The molecule has 2 rings (SSSR count). The third kappa shape index (κ3) is 3.23. The van der Waals surface area contributed by atoms with Crippen LogP contribution in [0.5, 0.6) is 0 Å². The maximum absolute atomic E-state index is 11.9. The lowest BCUT2D eigenvalue weighted by Gasteiger charge is -2.26. The molecule has 1 fully saturated rings. The van der Waals surface area contributed by atoms with Gasteiger partial charge in [0.1, 0.15) is 0 Å². The van der Waals surface area contributed by atoms with Gasteiger partial charge in [0.2, 0.25) is 10.0 Å². The lowest BCUT2D eigenvalue weighted by atomic mass is 10.2. The second-order valence-electron chi connectivity index (χ2n) is 4.91. The van der Waals surface area contributed by atoms with E-state index in [1.165, 1.54) is 13.1 Å². The fourth-order valence-electron chi connectivity index (χ4n) is 2.30. The van der Waals surface area contributed by atoms with Gasteiger partial charge in [0.05, 0.1) is 22.4 Å². The van der Waals surface area contributed by atoms with Crippen molar-refractivity contribution >= 4 is 21.4 Å². The summed E-state index contributed by atoms with van der Waals surface area (Å²) in [6.45, 7) is 4.22. The number of nitrogens with one attached hydrogen (secondary N) is 1. The van der Waals surface area contributed by atoms with E-state index in [9.17, 15) is 8.42 Å². The highest BCUT2D eigenvalue weighted by molar-refractivity contribution is 7.89. The number of ether oxygens (including phenoxy) is 1. The molecule has 0 aromatic heterocycles. The van der Waals surface area contributed by atoms with E-state index in [4.69, 9.17) is 10.5 Å². The Balaban J connectivity index is 2.37. The number of rotatable bonds is 3. The molecule has 1 heterocycles. The molecule has 7 heteroatoms. The van der Waals surface area contributed by atoms with Gasteiger partial charge in [0.25, 0.3) is 0 Å². The van der Waals surface area contributed by atoms with Crippen molar-refractivity contribution in [3.8, 4) is 0 Å². The van der Waals surface area contributed by atoms with Crippen LogP contribution in [-0.2, 0) is 14.8 Å². The molecule has 0 spiro atoms. The van der Waals surface area contributed by atoms with Crippen LogP contribution in [0.15, 0.2) is 23.1 Å². The molecule has 1 atom stereocenters. The van der Waals surface area contributed by atoms with Crippen LogP contribution in [0, 0.1) is 0 Å². The van der Waals surface area contributed by atoms with Crippen molar-refractivity contribution in [3.05, 3.63) is 18.2 Å². The maximum atomic E-state index is 11.9. The highest BCUT2D eigenvalue weighted by Gasteiger charge is 2.20. The van der Waals surface area contributed by atoms with Crippen LogP contribution in [0.4, 0.5) is 11.4 Å². The third-order valence-corrected chi connectivity index (χ3v) is 4.79. The second-order valence-corrected chi connectivity index (χ2v) is 6.80. The Labute approximate surface area is 120 Å². The van der Waals surface area contributed by atoms with Gasteiger partial charge in [-0.3, -0.25) is 0 Å². The predicted molar refractivity (Wildman–Crippen MR) is 79.3 cm³/mol. The molecule has 0 radical (unpaired) electrons. The van der Waals surface area contributed by atoms with Gasteiger partial charge in [-0.05, 0) is 38.6 Å². The van der Waals surface area contributed by atoms with E-state index in [0.717, 1.165) is 18.7 Å². The van der Waals surface area contributed by atoms with E-state index >= 15 is 0 Å². The molecule has 0 aliphatic carbocycles. The molecular formula is C13H21N3O3S. The van der Waals surface area contributed by atoms with Gasteiger partial charge < -0.3 is 15.4 Å². The van der Waals surface area contributed by atoms with Crippen molar-refractivity contribution in [2.75, 3.05) is 37.4 Å². The Kier molecular flexibility index (Phi) is 4.52. The van der Waals surface area contributed by atoms with Crippen LogP contribution in [0.3, 0.4) is 0 Å². The molecular weight excluding hydrogens is 278 g/mol. The molecule has 1 aromatic rings. The monoisotopic (exact) mass is 299 g/mol. The number of hydrogen-bond acceptors (Lipinski definition) is 5. The van der Waals surface area contributed by atoms with Crippen LogP contribution in [0.2, 0.25) is 0 Å². The van der Waals surface area contributed by atoms with Gasteiger partial charge in [-0.15, -0.1) is 0 Å². The number of sulfonamides is 1. The Bertz CT molecular complexity index is 574. The topological polar surface area (TPSA) is 84.7 Å². The summed E-state index contributed by atoms with van der Waals surface area (Å²) in [5, 5.41) is 0. The first-order valence-corrected chi connectivity index (χ1v) is 8.12. The number of nitrogen functional groups attached to an aromatic ring is 1. The Hall–Kier alpha value is -1.31. The summed E-state index contributed by atoms with van der Waals surface area (Å²) in [5.74, 6) is 0. The predicted octanol–water partition coefficient (Wildman–Crippen LogP) is 0.792. The van der Waals surface area contributed by atoms with Crippen molar-refractivity contribution in [1.82, 2.24) is 4.72 Å². The highest BCUT2D eigenvalue weighted by Crippen LogP contribution is 2.28. The number of nitrogens with two attached hydrogens (primary N) is 1. The number of hydrogen-bond donors (Lipinski definition) is 2. The number of benzene rings is 1. The highest BCUT2D eigenvalue weighted by atomic mass is 32.2. The first-order chi connectivity index (χ1) is 9.44. The summed E-state index contributed by atoms with van der Waals surface area (Å²) in [5.41, 5.74) is 7.33. The Morgan fingerprint density at radius 2 is 2.20 bits per heavy atom. The SMILES string of the molecule is CNS(=O)(=O)c1ccc(N)c(N2CCCOC(C)C2)c1. The largest absolute Gasteiger partial charge is 0.397 e. The zero-order valence-corrected chi connectivity index (χ0v) is 12.6. The van der Waals surface area contributed by atoms with Gasteiger partial charge in [0, 0.05) is 19.7 Å². The van der Waals surface area contributed by atoms with Crippen LogP contribution in [-0.4, -0.2) is 41.3 Å². The average molecular weight is 299 g/mol. The van der Waals surface area contributed by atoms with Crippen molar-refractivity contribution in [2.24, 2.45) is 0 Å². The molecule has 1 aliphatic rings. The van der Waals surface area contributed by atoms with E-state index in [2.05, 4.69) is 9.62 Å². The van der Waals surface area contributed by atoms with Crippen molar-refractivity contribution < 1.29 is 13.2 Å². The molecule has 20 heavy (non-hydrogen) atoms.